The van der Waals surface area contributed by atoms with Crippen molar-refractivity contribution in [2.75, 3.05) is 5.32 Å². The number of aliphatic carboxylic acids is 1. The van der Waals surface area contributed by atoms with Gasteiger partial charge in [0, 0.05) is 16.8 Å². The topological polar surface area (TPSA) is 75.1 Å². The fourth-order valence-corrected chi connectivity index (χ4v) is 4.25. The van der Waals surface area contributed by atoms with E-state index >= 15 is 0 Å². The summed E-state index contributed by atoms with van der Waals surface area (Å²) in [6.45, 7) is 0. The zero-order valence-corrected chi connectivity index (χ0v) is 15.3. The molecule has 2 aromatic heterocycles. The molecular weight excluding hydrogens is 370 g/mol. The van der Waals surface area contributed by atoms with E-state index in [4.69, 9.17) is 21.7 Å². The molecule has 0 unspecified atom stereocenters. The van der Waals surface area contributed by atoms with Gasteiger partial charge in [-0.2, -0.15) is 0 Å². The first kappa shape index (κ1) is 17.0. The van der Waals surface area contributed by atoms with E-state index in [0.29, 0.717) is 0 Å². The number of halogens is 1. The van der Waals surface area contributed by atoms with E-state index in [1.807, 2.05) is 24.3 Å². The van der Waals surface area contributed by atoms with E-state index in [1.54, 1.807) is 29.7 Å². The van der Waals surface area contributed by atoms with Gasteiger partial charge >= 0.3 is 5.97 Å². The van der Waals surface area contributed by atoms with Crippen LogP contribution in [0.15, 0.2) is 48.7 Å². The molecular formula is C19H16ClN3O2S. The van der Waals surface area contributed by atoms with E-state index in [9.17, 15) is 4.79 Å². The highest BCUT2D eigenvalue weighted by Gasteiger charge is 2.49. The average molecular weight is 386 g/mol. The maximum Gasteiger partial charge on any atom is 0.307 e. The van der Waals surface area contributed by atoms with Gasteiger partial charge in [0.1, 0.15) is 11.6 Å². The van der Waals surface area contributed by atoms with Crippen molar-refractivity contribution < 1.29 is 9.90 Å². The first-order valence-electron chi connectivity index (χ1n) is 8.22. The number of carbonyl (C=O) groups is 1. The predicted octanol–water partition coefficient (Wildman–Crippen LogP) is 4.64. The Balaban J connectivity index is 1.54. The first-order chi connectivity index (χ1) is 12.5. The molecule has 4 rings (SSSR count). The zero-order valence-electron chi connectivity index (χ0n) is 13.8. The lowest BCUT2D eigenvalue weighted by atomic mass is 10.0. The second kappa shape index (κ2) is 6.70. The minimum atomic E-state index is -0.838. The summed E-state index contributed by atoms with van der Waals surface area (Å²) in [5.41, 5.74) is 1.51. The number of aromatic nitrogens is 2. The zero-order chi connectivity index (χ0) is 18.1. The number of carboxylic acids is 1. The molecule has 0 atom stereocenters. The van der Waals surface area contributed by atoms with Crippen molar-refractivity contribution in [2.45, 2.75) is 24.7 Å². The Labute approximate surface area is 159 Å². The minimum absolute atomic E-state index is 0.0177. The summed E-state index contributed by atoms with van der Waals surface area (Å²) in [6, 6.07) is 13.1. The monoisotopic (exact) mass is 385 g/mol. The van der Waals surface area contributed by atoms with Crippen LogP contribution in [0.4, 0.5) is 11.5 Å². The molecule has 2 heterocycles. The molecule has 1 aliphatic rings. The lowest BCUT2D eigenvalue weighted by Gasteiger charge is -2.13. The number of anilines is 2. The van der Waals surface area contributed by atoms with E-state index in [-0.39, 0.29) is 11.8 Å². The van der Waals surface area contributed by atoms with Crippen LogP contribution in [0.2, 0.25) is 4.34 Å². The van der Waals surface area contributed by atoms with Gasteiger partial charge in [-0.25, -0.2) is 9.97 Å². The van der Waals surface area contributed by atoms with Crippen LogP contribution in [0.3, 0.4) is 0 Å². The molecule has 7 heteroatoms. The van der Waals surface area contributed by atoms with E-state index in [1.165, 1.54) is 4.88 Å². The molecule has 1 fully saturated rings. The smallest absolute Gasteiger partial charge is 0.307 e. The van der Waals surface area contributed by atoms with E-state index < -0.39 is 5.97 Å². The number of thiophene rings is 1. The van der Waals surface area contributed by atoms with Gasteiger partial charge in [-0.15, -0.1) is 11.3 Å². The molecule has 1 aromatic carbocycles. The van der Waals surface area contributed by atoms with Crippen molar-refractivity contribution >= 4 is 40.4 Å². The van der Waals surface area contributed by atoms with Gasteiger partial charge in [-0.3, -0.25) is 4.79 Å². The predicted molar refractivity (Wildman–Crippen MR) is 102 cm³/mol. The molecule has 26 heavy (non-hydrogen) atoms. The number of benzene rings is 1. The third-order valence-electron chi connectivity index (χ3n) is 4.46. The van der Waals surface area contributed by atoms with Gasteiger partial charge in [0.05, 0.1) is 16.2 Å². The van der Waals surface area contributed by atoms with Crippen LogP contribution in [0.1, 0.15) is 29.1 Å². The quantitative estimate of drug-likeness (QED) is 0.646. The fraction of sp³-hybridized carbons (Fsp3) is 0.211. The van der Waals surface area contributed by atoms with Crippen molar-refractivity contribution in [2.24, 2.45) is 0 Å². The number of hydrogen-bond donors (Lipinski definition) is 2. The van der Waals surface area contributed by atoms with Crippen LogP contribution in [0.5, 0.6) is 0 Å². The van der Waals surface area contributed by atoms with Crippen molar-refractivity contribution in [3.05, 3.63) is 69.3 Å². The molecule has 2 N–H and O–H groups in total. The fourth-order valence-electron chi connectivity index (χ4n) is 2.96. The Kier molecular flexibility index (Phi) is 4.38. The normalized spacial score (nSPS) is 14.8. The molecule has 0 aliphatic heterocycles. The van der Waals surface area contributed by atoms with Gasteiger partial charge in [0.2, 0.25) is 0 Å². The molecule has 3 aromatic rings. The highest BCUT2D eigenvalue weighted by atomic mass is 35.5. The maximum atomic E-state index is 10.8. The maximum absolute atomic E-state index is 10.8. The summed E-state index contributed by atoms with van der Waals surface area (Å²) >= 11 is 7.68. The van der Waals surface area contributed by atoms with Crippen molar-refractivity contribution in [1.29, 1.82) is 0 Å². The molecule has 5 nitrogen and oxygen atoms in total. The highest BCUT2D eigenvalue weighted by molar-refractivity contribution is 7.16. The Morgan fingerprint density at radius 3 is 2.58 bits per heavy atom. The molecule has 1 saturated carbocycles. The average Bonchev–Trinajstić information content (AvgIpc) is 3.32. The summed E-state index contributed by atoms with van der Waals surface area (Å²) in [4.78, 5) is 21.2. The van der Waals surface area contributed by atoms with E-state index in [0.717, 1.165) is 40.1 Å². The Morgan fingerprint density at radius 1 is 1.19 bits per heavy atom. The lowest BCUT2D eigenvalue weighted by molar-refractivity contribution is -0.136. The standard InChI is InChI=1S/C19H16ClN3O2S/c20-15-6-5-14(26-15)19(8-9-19)18-21-10-7-16(23-18)22-13-3-1-12(2-4-13)11-17(24)25/h1-7,10H,8-9,11H2,(H,24,25)(H,21,22,23). The first-order valence-corrected chi connectivity index (χ1v) is 9.42. The van der Waals surface area contributed by atoms with Gasteiger partial charge in [0.15, 0.2) is 0 Å². The van der Waals surface area contributed by atoms with Gasteiger partial charge in [0.25, 0.3) is 0 Å². The Morgan fingerprint density at radius 2 is 1.96 bits per heavy atom. The van der Waals surface area contributed by atoms with Crippen LogP contribution < -0.4 is 5.32 Å². The van der Waals surface area contributed by atoms with Crippen molar-refractivity contribution in [3.63, 3.8) is 0 Å². The minimum Gasteiger partial charge on any atom is -0.481 e. The van der Waals surface area contributed by atoms with Gasteiger partial charge in [-0.05, 0) is 48.7 Å². The number of nitrogens with one attached hydrogen (secondary N) is 1. The van der Waals surface area contributed by atoms with Crippen LogP contribution in [0, 0.1) is 0 Å². The number of nitrogens with zero attached hydrogens (tertiary/aromatic N) is 2. The van der Waals surface area contributed by atoms with Crippen molar-refractivity contribution in [1.82, 2.24) is 9.97 Å². The largest absolute Gasteiger partial charge is 0.481 e. The molecule has 132 valence electrons. The molecule has 1 aliphatic carbocycles. The van der Waals surface area contributed by atoms with Gasteiger partial charge in [-0.1, -0.05) is 23.7 Å². The molecule has 0 spiro atoms. The number of carboxylic acid groups (broad SMARTS) is 1. The van der Waals surface area contributed by atoms with E-state index in [2.05, 4.69) is 16.4 Å². The van der Waals surface area contributed by atoms with Crippen molar-refractivity contribution in [3.8, 4) is 0 Å². The Hall–Kier alpha value is -2.44. The molecule has 0 bridgehead atoms. The van der Waals surface area contributed by atoms with Crippen LogP contribution in [-0.2, 0) is 16.6 Å². The van der Waals surface area contributed by atoms with Gasteiger partial charge < -0.3 is 10.4 Å². The lowest BCUT2D eigenvalue weighted by Crippen LogP contribution is -2.12. The SMILES string of the molecule is O=C(O)Cc1ccc(Nc2ccnc(C3(c4ccc(Cl)s4)CC3)n2)cc1. The summed E-state index contributed by atoms with van der Waals surface area (Å²) in [7, 11) is 0. The Bertz CT molecular complexity index is 951. The van der Waals surface area contributed by atoms with Crippen LogP contribution in [0.25, 0.3) is 0 Å². The second-order valence-electron chi connectivity index (χ2n) is 6.34. The molecule has 0 amide bonds. The number of hydrogen-bond acceptors (Lipinski definition) is 5. The van der Waals surface area contributed by atoms with Crippen LogP contribution in [-0.4, -0.2) is 21.0 Å². The highest BCUT2D eigenvalue weighted by Crippen LogP contribution is 2.54. The molecule has 0 radical (unpaired) electrons. The summed E-state index contributed by atoms with van der Waals surface area (Å²) in [5.74, 6) is 0.688. The third-order valence-corrected chi connectivity index (χ3v) is 5.90. The summed E-state index contributed by atoms with van der Waals surface area (Å²) in [5, 5.41) is 12.1. The summed E-state index contributed by atoms with van der Waals surface area (Å²) in [6.07, 6.45) is 3.83. The second-order valence-corrected chi connectivity index (χ2v) is 8.06. The summed E-state index contributed by atoms with van der Waals surface area (Å²) < 4.78 is 0.780. The third kappa shape index (κ3) is 3.43. The number of rotatable bonds is 6. The molecule has 0 saturated heterocycles. The van der Waals surface area contributed by atoms with Crippen LogP contribution >= 0.6 is 22.9 Å².